The average Bonchev–Trinajstić information content (AvgIpc) is 3.29. The number of nitrogens with one attached hydrogen (secondary N) is 2. The first-order chi connectivity index (χ1) is 16.2. The van der Waals surface area contributed by atoms with Crippen molar-refractivity contribution < 1.29 is 17.6 Å². The minimum atomic E-state index is -4.06. The Hall–Kier alpha value is -3.23. The number of carbonyl (C=O) groups excluding carboxylic acids is 1. The van der Waals surface area contributed by atoms with Crippen LogP contribution in [0.2, 0.25) is 0 Å². The molecule has 8 heteroatoms. The van der Waals surface area contributed by atoms with Crippen LogP contribution < -0.4 is 10.0 Å². The van der Waals surface area contributed by atoms with Crippen molar-refractivity contribution in [1.82, 2.24) is 10.2 Å². The van der Waals surface area contributed by atoms with Gasteiger partial charge in [-0.2, -0.15) is 0 Å². The normalized spacial score (nSPS) is 17.3. The molecule has 1 fully saturated rings. The van der Waals surface area contributed by atoms with E-state index in [1.807, 2.05) is 18.2 Å². The maximum Gasteiger partial charge on any atom is 0.262 e. The summed E-state index contributed by atoms with van der Waals surface area (Å²) >= 11 is 0. The predicted octanol–water partition coefficient (Wildman–Crippen LogP) is 4.50. The monoisotopic (exact) mass is 481 g/mol. The third kappa shape index (κ3) is 5.29. The molecule has 0 aliphatic carbocycles. The van der Waals surface area contributed by atoms with E-state index in [2.05, 4.69) is 34.0 Å². The maximum atomic E-state index is 13.9. The summed E-state index contributed by atoms with van der Waals surface area (Å²) in [5.41, 5.74) is 2.03. The highest BCUT2D eigenvalue weighted by atomic mass is 32.2. The molecule has 1 amide bonds. The van der Waals surface area contributed by atoms with E-state index in [0.717, 1.165) is 13.0 Å². The van der Waals surface area contributed by atoms with Crippen LogP contribution in [0.4, 0.5) is 10.1 Å². The lowest BCUT2D eigenvalue weighted by Gasteiger charge is -2.25. The van der Waals surface area contributed by atoms with Crippen molar-refractivity contribution in [3.05, 3.63) is 95.3 Å². The van der Waals surface area contributed by atoms with E-state index in [1.54, 1.807) is 19.1 Å². The molecule has 2 unspecified atom stereocenters. The zero-order chi connectivity index (χ0) is 24.3. The van der Waals surface area contributed by atoms with Crippen LogP contribution in [-0.4, -0.2) is 38.4 Å². The van der Waals surface area contributed by atoms with Gasteiger partial charge < -0.3 is 5.32 Å². The molecular weight excluding hydrogens is 453 g/mol. The molecule has 1 saturated heterocycles. The second-order valence-corrected chi connectivity index (χ2v) is 10.3. The number of sulfonamides is 1. The fraction of sp³-hybridized carbons (Fsp3) is 0.269. The lowest BCUT2D eigenvalue weighted by Crippen LogP contribution is -2.38. The number of carbonyl (C=O) groups is 1. The van der Waals surface area contributed by atoms with Gasteiger partial charge in [-0.1, -0.05) is 48.5 Å². The molecule has 1 aliphatic heterocycles. The number of para-hydroxylation sites is 1. The van der Waals surface area contributed by atoms with Crippen molar-refractivity contribution in [2.45, 2.75) is 37.2 Å². The molecule has 1 aliphatic rings. The first-order valence-corrected chi connectivity index (χ1v) is 12.7. The second-order valence-electron chi connectivity index (χ2n) is 8.60. The van der Waals surface area contributed by atoms with Crippen LogP contribution in [0.25, 0.3) is 0 Å². The van der Waals surface area contributed by atoms with Gasteiger partial charge in [-0.25, -0.2) is 12.8 Å². The number of nitrogens with zero attached hydrogens (tertiary/aromatic N) is 1. The quantitative estimate of drug-likeness (QED) is 0.521. The van der Waals surface area contributed by atoms with Crippen molar-refractivity contribution in [3.63, 3.8) is 0 Å². The average molecular weight is 482 g/mol. The smallest absolute Gasteiger partial charge is 0.262 e. The highest BCUT2D eigenvalue weighted by Crippen LogP contribution is 2.25. The Morgan fingerprint density at radius 3 is 2.50 bits per heavy atom. The molecule has 3 aromatic carbocycles. The van der Waals surface area contributed by atoms with Crippen LogP contribution in [0.15, 0.2) is 77.7 Å². The van der Waals surface area contributed by atoms with Gasteiger partial charge in [0.1, 0.15) is 5.82 Å². The van der Waals surface area contributed by atoms with E-state index in [4.69, 9.17) is 0 Å². The first-order valence-electron chi connectivity index (χ1n) is 11.2. The van der Waals surface area contributed by atoms with Crippen molar-refractivity contribution in [1.29, 1.82) is 0 Å². The Bertz CT molecular complexity index is 1280. The molecule has 0 bridgehead atoms. The minimum absolute atomic E-state index is 0.0325. The Morgan fingerprint density at radius 2 is 1.76 bits per heavy atom. The van der Waals surface area contributed by atoms with E-state index >= 15 is 0 Å². The van der Waals surface area contributed by atoms with E-state index in [9.17, 15) is 17.6 Å². The number of rotatable bonds is 7. The van der Waals surface area contributed by atoms with Gasteiger partial charge in [0.05, 0.1) is 10.6 Å². The van der Waals surface area contributed by atoms with Gasteiger partial charge in [0.2, 0.25) is 0 Å². The summed E-state index contributed by atoms with van der Waals surface area (Å²) in [4.78, 5) is 15.3. The van der Waals surface area contributed by atoms with E-state index in [0.29, 0.717) is 12.1 Å². The Balaban J connectivity index is 1.46. The summed E-state index contributed by atoms with van der Waals surface area (Å²) in [7, 11) is -4.06. The fourth-order valence-electron chi connectivity index (χ4n) is 4.22. The number of anilines is 1. The summed E-state index contributed by atoms with van der Waals surface area (Å²) in [5.74, 6) is -0.994. The fourth-order valence-corrected chi connectivity index (χ4v) is 5.32. The molecule has 0 saturated carbocycles. The van der Waals surface area contributed by atoms with Gasteiger partial charge in [0.15, 0.2) is 0 Å². The molecule has 1 heterocycles. The summed E-state index contributed by atoms with van der Waals surface area (Å²) < 4.78 is 41.8. The van der Waals surface area contributed by atoms with Gasteiger partial charge in [0, 0.05) is 30.7 Å². The first kappa shape index (κ1) is 23.9. The highest BCUT2D eigenvalue weighted by Gasteiger charge is 2.28. The van der Waals surface area contributed by atoms with Gasteiger partial charge in [-0.05, 0) is 55.7 Å². The molecule has 0 aromatic heterocycles. The minimum Gasteiger partial charge on any atom is -0.348 e. The van der Waals surface area contributed by atoms with Crippen molar-refractivity contribution >= 4 is 21.6 Å². The number of halogens is 1. The standard InChI is InChI=1S/C26H28FN3O3S/c1-18-12-13-22(34(32,33)29-25-11-7-6-10-24(25)27)16-23(18)26(31)28-21-14-15-30(17-21)19(2)20-8-4-3-5-9-20/h3-13,16,19,21,29H,14-15,17H2,1-2H3,(H,28,31). The second kappa shape index (κ2) is 9.95. The van der Waals surface area contributed by atoms with Gasteiger partial charge in [-0.15, -0.1) is 0 Å². The molecule has 6 nitrogen and oxygen atoms in total. The van der Waals surface area contributed by atoms with Gasteiger partial charge >= 0.3 is 0 Å². The molecule has 4 rings (SSSR count). The zero-order valence-corrected chi connectivity index (χ0v) is 20.0. The molecule has 2 N–H and O–H groups in total. The van der Waals surface area contributed by atoms with Gasteiger partial charge in [0.25, 0.3) is 15.9 Å². The molecule has 0 spiro atoms. The predicted molar refractivity (Wildman–Crippen MR) is 131 cm³/mol. The summed E-state index contributed by atoms with van der Waals surface area (Å²) in [6.07, 6.45) is 0.814. The summed E-state index contributed by atoms with van der Waals surface area (Å²) in [6.45, 7) is 5.49. The van der Waals surface area contributed by atoms with Crippen molar-refractivity contribution in [3.8, 4) is 0 Å². The van der Waals surface area contributed by atoms with E-state index in [-0.39, 0.29) is 34.1 Å². The lowest BCUT2D eigenvalue weighted by atomic mass is 10.1. The molecule has 3 aromatic rings. The largest absolute Gasteiger partial charge is 0.348 e. The number of likely N-dealkylation sites (tertiary alicyclic amines) is 1. The van der Waals surface area contributed by atoms with Crippen LogP contribution in [0.1, 0.15) is 40.9 Å². The number of benzene rings is 3. The Morgan fingerprint density at radius 1 is 1.06 bits per heavy atom. The Labute approximate surface area is 199 Å². The lowest BCUT2D eigenvalue weighted by molar-refractivity contribution is 0.0935. The van der Waals surface area contributed by atoms with Crippen molar-refractivity contribution in [2.24, 2.45) is 0 Å². The van der Waals surface area contributed by atoms with Crippen LogP contribution in [0.3, 0.4) is 0 Å². The summed E-state index contributed by atoms with van der Waals surface area (Å²) in [6, 6.07) is 20.3. The zero-order valence-electron chi connectivity index (χ0n) is 19.2. The number of hydrogen-bond acceptors (Lipinski definition) is 4. The van der Waals surface area contributed by atoms with Crippen LogP contribution >= 0.6 is 0 Å². The number of amides is 1. The number of aryl methyl sites for hydroxylation is 1. The SMILES string of the molecule is Cc1ccc(S(=O)(=O)Nc2ccccc2F)cc1C(=O)NC1CCN(C(C)c2ccccc2)C1. The molecular formula is C26H28FN3O3S. The number of hydrogen-bond donors (Lipinski definition) is 2. The van der Waals surface area contributed by atoms with Crippen LogP contribution in [0.5, 0.6) is 0 Å². The third-order valence-electron chi connectivity index (χ3n) is 6.27. The molecule has 34 heavy (non-hydrogen) atoms. The van der Waals surface area contributed by atoms with Crippen LogP contribution in [0, 0.1) is 12.7 Å². The molecule has 0 radical (unpaired) electrons. The van der Waals surface area contributed by atoms with Crippen LogP contribution in [-0.2, 0) is 10.0 Å². The molecule has 178 valence electrons. The van der Waals surface area contributed by atoms with Gasteiger partial charge in [-0.3, -0.25) is 14.4 Å². The highest BCUT2D eigenvalue weighted by molar-refractivity contribution is 7.92. The van der Waals surface area contributed by atoms with Crippen molar-refractivity contribution in [2.75, 3.05) is 17.8 Å². The molecule has 2 atom stereocenters. The topological polar surface area (TPSA) is 78.5 Å². The Kier molecular flexibility index (Phi) is 7.00. The third-order valence-corrected chi connectivity index (χ3v) is 7.63. The summed E-state index contributed by atoms with van der Waals surface area (Å²) in [5, 5.41) is 3.05. The van der Waals surface area contributed by atoms with E-state index in [1.165, 1.54) is 35.9 Å². The maximum absolute atomic E-state index is 13.9. The van der Waals surface area contributed by atoms with E-state index < -0.39 is 15.8 Å².